The summed E-state index contributed by atoms with van der Waals surface area (Å²) in [6.07, 6.45) is 2.73. The predicted octanol–water partition coefficient (Wildman–Crippen LogP) is 5.63. The Kier molecular flexibility index (Phi) is 6.14. The highest BCUT2D eigenvalue weighted by molar-refractivity contribution is 6.83. The second-order valence-corrected chi connectivity index (χ2v) is 16.1. The van der Waals surface area contributed by atoms with E-state index in [1.165, 1.54) is 11.0 Å². The summed E-state index contributed by atoms with van der Waals surface area (Å²) in [6.45, 7) is 7.01. The number of aromatic amines is 1. The number of alkyl halides is 2. The van der Waals surface area contributed by atoms with Crippen LogP contribution in [0.2, 0.25) is 24.7 Å². The summed E-state index contributed by atoms with van der Waals surface area (Å²) in [5, 5.41) is 12.2. The van der Waals surface area contributed by atoms with Crippen molar-refractivity contribution >= 4 is 31.5 Å². The molecule has 35 heavy (non-hydrogen) atoms. The number of nitrogens with one attached hydrogen (secondary N) is 3. The van der Waals surface area contributed by atoms with E-state index in [0.717, 1.165) is 31.4 Å². The van der Waals surface area contributed by atoms with Crippen molar-refractivity contribution in [3.63, 3.8) is 0 Å². The van der Waals surface area contributed by atoms with E-state index in [1.807, 2.05) is 0 Å². The first-order chi connectivity index (χ1) is 16.3. The zero-order chi connectivity index (χ0) is 25.8. The molecule has 1 aromatic heterocycles. The molecule has 1 fully saturated rings. The number of para-hydroxylation sites is 1. The van der Waals surface area contributed by atoms with Crippen molar-refractivity contribution in [3.8, 4) is 5.75 Å². The van der Waals surface area contributed by atoms with Gasteiger partial charge in [-0.15, -0.1) is 0 Å². The molecule has 0 atom stereocenters. The quantitative estimate of drug-likeness (QED) is 0.439. The Morgan fingerprint density at radius 3 is 2.46 bits per heavy atom. The topological polar surface area (TPSA) is 99.4 Å². The minimum Gasteiger partial charge on any atom is -0.432 e. The van der Waals surface area contributed by atoms with Crippen LogP contribution < -0.4 is 15.4 Å². The van der Waals surface area contributed by atoms with Crippen LogP contribution in [0.3, 0.4) is 0 Å². The van der Waals surface area contributed by atoms with Crippen LogP contribution in [0.15, 0.2) is 18.2 Å². The van der Waals surface area contributed by atoms with Gasteiger partial charge in [-0.25, -0.2) is 9.18 Å². The van der Waals surface area contributed by atoms with E-state index in [0.29, 0.717) is 17.1 Å². The Balaban J connectivity index is 1.56. The second kappa shape index (κ2) is 8.57. The summed E-state index contributed by atoms with van der Waals surface area (Å²) in [4.78, 5) is 27.9. The number of benzene rings is 1. The van der Waals surface area contributed by atoms with Gasteiger partial charge in [0.1, 0.15) is 5.69 Å². The highest BCUT2D eigenvalue weighted by atomic mass is 28.3. The van der Waals surface area contributed by atoms with Crippen molar-refractivity contribution in [2.45, 2.75) is 76.5 Å². The molecule has 0 spiro atoms. The highest BCUT2D eigenvalue weighted by Crippen LogP contribution is 2.56. The number of fused-ring (bicyclic) bond motifs is 1. The maximum atomic E-state index is 14.4. The van der Waals surface area contributed by atoms with Gasteiger partial charge in [0, 0.05) is 10.6 Å². The van der Waals surface area contributed by atoms with E-state index >= 15 is 0 Å². The van der Waals surface area contributed by atoms with Crippen LogP contribution in [0, 0.1) is 5.82 Å². The molecule has 12 heteroatoms. The lowest BCUT2D eigenvalue weighted by Crippen LogP contribution is -2.52. The number of amides is 3. The molecule has 4 rings (SSSR count). The number of carbonyl (C=O) groups is 2. The zero-order valence-electron chi connectivity index (χ0n) is 20.4. The average molecular weight is 510 g/mol. The maximum Gasteiger partial charge on any atom is 0.387 e. The standard InChI is InChI=1S/C23H30F3N5O3Si/c1-22(2)17-13(18(30-29-17)28-19(32)23(10-7-11-23)35(3,4)5)12-31(22)21(33)27-16-14(24)8-6-9-15(16)34-20(25)26/h6,8-9,20H,7,10-12H2,1-5H3,(H,27,33)(H2,28,29,30,32). The molecule has 0 bridgehead atoms. The van der Waals surface area contributed by atoms with E-state index in [2.05, 4.69) is 45.2 Å². The number of rotatable bonds is 6. The largest absolute Gasteiger partial charge is 0.432 e. The van der Waals surface area contributed by atoms with Gasteiger partial charge in [0.25, 0.3) is 0 Å². The molecule has 2 aromatic rings. The molecule has 0 unspecified atom stereocenters. The molecule has 1 aliphatic carbocycles. The van der Waals surface area contributed by atoms with Crippen LogP contribution in [0.25, 0.3) is 0 Å². The van der Waals surface area contributed by atoms with Gasteiger partial charge in [0.15, 0.2) is 17.4 Å². The molecule has 3 amide bonds. The minimum atomic E-state index is -3.18. The van der Waals surface area contributed by atoms with Gasteiger partial charge in [-0.3, -0.25) is 9.89 Å². The minimum absolute atomic E-state index is 0.0435. The fourth-order valence-electron chi connectivity index (χ4n) is 5.01. The first-order valence-electron chi connectivity index (χ1n) is 11.5. The van der Waals surface area contributed by atoms with E-state index in [4.69, 9.17) is 0 Å². The summed E-state index contributed by atoms with van der Waals surface area (Å²) in [5.41, 5.74) is -0.0765. The fraction of sp³-hybridized carbons (Fsp3) is 0.522. The van der Waals surface area contributed by atoms with Gasteiger partial charge in [-0.2, -0.15) is 13.9 Å². The summed E-state index contributed by atoms with van der Waals surface area (Å²) in [5.74, 6) is -1.06. The number of hydrogen-bond acceptors (Lipinski definition) is 4. The van der Waals surface area contributed by atoms with E-state index in [-0.39, 0.29) is 17.5 Å². The van der Waals surface area contributed by atoms with Crippen molar-refractivity contribution in [1.29, 1.82) is 0 Å². The van der Waals surface area contributed by atoms with Gasteiger partial charge >= 0.3 is 12.6 Å². The third-order valence-electron chi connectivity index (χ3n) is 7.45. The number of ether oxygens (including phenoxy) is 1. The number of halogens is 3. The van der Waals surface area contributed by atoms with Gasteiger partial charge in [-0.1, -0.05) is 32.1 Å². The number of nitrogens with zero attached hydrogens (tertiary/aromatic N) is 2. The number of aromatic nitrogens is 2. The van der Waals surface area contributed by atoms with Gasteiger partial charge in [0.2, 0.25) is 5.91 Å². The number of H-pyrrole nitrogens is 1. The Morgan fingerprint density at radius 2 is 1.89 bits per heavy atom. The number of urea groups is 1. The number of hydrogen-bond donors (Lipinski definition) is 3. The average Bonchev–Trinajstić information content (AvgIpc) is 3.20. The molecule has 1 aliphatic heterocycles. The molecule has 3 N–H and O–H groups in total. The van der Waals surface area contributed by atoms with Crippen LogP contribution in [0.5, 0.6) is 5.75 Å². The van der Waals surface area contributed by atoms with E-state index in [1.54, 1.807) is 13.8 Å². The normalized spacial score (nSPS) is 18.1. The molecule has 190 valence electrons. The Hall–Kier alpha value is -3.02. The first kappa shape index (κ1) is 25.1. The van der Waals surface area contributed by atoms with Crippen LogP contribution in [-0.4, -0.2) is 41.7 Å². The Morgan fingerprint density at radius 1 is 1.20 bits per heavy atom. The van der Waals surface area contributed by atoms with Gasteiger partial charge in [0.05, 0.1) is 25.9 Å². The summed E-state index contributed by atoms with van der Waals surface area (Å²) in [6, 6.07) is 2.69. The number of anilines is 2. The fourth-order valence-corrected chi connectivity index (χ4v) is 7.61. The van der Waals surface area contributed by atoms with Gasteiger partial charge < -0.3 is 20.3 Å². The predicted molar refractivity (Wildman–Crippen MR) is 128 cm³/mol. The van der Waals surface area contributed by atoms with E-state index < -0.39 is 43.5 Å². The first-order valence-corrected chi connectivity index (χ1v) is 15.0. The van der Waals surface area contributed by atoms with Crippen molar-refractivity contribution in [1.82, 2.24) is 15.1 Å². The third-order valence-corrected chi connectivity index (χ3v) is 11.0. The molecule has 0 saturated heterocycles. The third kappa shape index (κ3) is 4.17. The van der Waals surface area contributed by atoms with Crippen LogP contribution >= 0.6 is 0 Å². The zero-order valence-corrected chi connectivity index (χ0v) is 21.4. The molecule has 2 aliphatic rings. The molecular formula is C23H30F3N5O3Si. The molecular weight excluding hydrogens is 479 g/mol. The summed E-state index contributed by atoms with van der Waals surface area (Å²) >= 11 is 0. The van der Waals surface area contributed by atoms with Crippen LogP contribution in [0.4, 0.5) is 29.5 Å². The van der Waals surface area contributed by atoms with Crippen molar-refractivity contribution in [3.05, 3.63) is 35.3 Å². The lowest BCUT2D eigenvalue weighted by atomic mass is 9.83. The molecule has 1 aromatic carbocycles. The maximum absolute atomic E-state index is 14.4. The Bertz CT molecular complexity index is 1160. The monoisotopic (exact) mass is 509 g/mol. The summed E-state index contributed by atoms with van der Waals surface area (Å²) < 4.78 is 44.3. The van der Waals surface area contributed by atoms with Gasteiger partial charge in [-0.05, 0) is 38.8 Å². The van der Waals surface area contributed by atoms with E-state index in [9.17, 15) is 22.8 Å². The Labute approximate surface area is 202 Å². The van der Waals surface area contributed by atoms with Crippen molar-refractivity contribution in [2.75, 3.05) is 10.6 Å². The molecule has 0 radical (unpaired) electrons. The number of carbonyl (C=O) groups excluding carboxylic acids is 2. The lowest BCUT2D eigenvalue weighted by molar-refractivity contribution is -0.121. The molecule has 2 heterocycles. The SMILES string of the molecule is CC1(C)c2[nH]nc(NC(=O)C3([Si](C)(C)C)CCC3)c2CN1C(=O)Nc1c(F)cccc1OC(F)F. The molecule has 8 nitrogen and oxygen atoms in total. The van der Waals surface area contributed by atoms with Crippen molar-refractivity contribution in [2.24, 2.45) is 0 Å². The summed E-state index contributed by atoms with van der Waals surface area (Å²) in [7, 11) is -1.80. The van der Waals surface area contributed by atoms with Crippen molar-refractivity contribution < 1.29 is 27.5 Å². The second-order valence-electron chi connectivity index (χ2n) is 10.6. The smallest absolute Gasteiger partial charge is 0.387 e. The van der Waals surface area contributed by atoms with Crippen LogP contribution in [0.1, 0.15) is 44.4 Å². The molecule has 1 saturated carbocycles. The highest BCUT2D eigenvalue weighted by Gasteiger charge is 2.54. The lowest BCUT2D eigenvalue weighted by Gasteiger charge is -2.48. The van der Waals surface area contributed by atoms with Crippen LogP contribution in [-0.2, 0) is 16.9 Å².